The number of benzene rings is 1. The van der Waals surface area contributed by atoms with Gasteiger partial charge in [0.15, 0.2) is 5.82 Å². The number of aromatic amines is 1. The van der Waals surface area contributed by atoms with Crippen molar-refractivity contribution < 1.29 is 4.79 Å². The second-order valence-corrected chi connectivity index (χ2v) is 6.62. The van der Waals surface area contributed by atoms with Gasteiger partial charge in [-0.05, 0) is 51.0 Å². The molecule has 130 valence electrons. The van der Waals surface area contributed by atoms with Gasteiger partial charge in [-0.15, -0.1) is 12.4 Å². The SMILES string of the molecule is Cc1nc(-c2ccc(NC(=O)C3CCCCC3(C)N)cc2)n[nH]1.Cl. The first-order valence-corrected chi connectivity index (χ1v) is 8.05. The molecule has 1 saturated carbocycles. The fourth-order valence-corrected chi connectivity index (χ4v) is 3.19. The van der Waals surface area contributed by atoms with E-state index in [-0.39, 0.29) is 24.2 Å². The highest BCUT2D eigenvalue weighted by Crippen LogP contribution is 2.32. The van der Waals surface area contributed by atoms with Crippen molar-refractivity contribution in [1.82, 2.24) is 15.2 Å². The third-order valence-electron chi connectivity index (χ3n) is 4.58. The molecule has 2 unspecified atom stereocenters. The normalized spacial score (nSPS) is 23.4. The molecule has 0 aliphatic heterocycles. The Morgan fingerprint density at radius 3 is 2.62 bits per heavy atom. The van der Waals surface area contributed by atoms with Gasteiger partial charge in [0, 0.05) is 16.8 Å². The van der Waals surface area contributed by atoms with Gasteiger partial charge >= 0.3 is 0 Å². The molecule has 0 radical (unpaired) electrons. The fraction of sp³-hybridized carbons (Fsp3) is 0.471. The van der Waals surface area contributed by atoms with Crippen molar-refractivity contribution >= 4 is 24.0 Å². The molecule has 4 N–H and O–H groups in total. The molecule has 0 saturated heterocycles. The van der Waals surface area contributed by atoms with Crippen molar-refractivity contribution in [2.24, 2.45) is 11.7 Å². The maximum Gasteiger partial charge on any atom is 0.229 e. The number of aromatic nitrogens is 3. The first-order chi connectivity index (χ1) is 11.0. The number of nitrogens with zero attached hydrogens (tertiary/aromatic N) is 2. The van der Waals surface area contributed by atoms with Crippen LogP contribution in [0.4, 0.5) is 5.69 Å². The number of amides is 1. The van der Waals surface area contributed by atoms with Crippen LogP contribution in [0.1, 0.15) is 38.4 Å². The van der Waals surface area contributed by atoms with Gasteiger partial charge in [0.2, 0.25) is 5.91 Å². The van der Waals surface area contributed by atoms with Crippen molar-refractivity contribution in [2.75, 3.05) is 5.32 Å². The Bertz CT molecular complexity index is 695. The van der Waals surface area contributed by atoms with Gasteiger partial charge in [-0.2, -0.15) is 5.10 Å². The summed E-state index contributed by atoms with van der Waals surface area (Å²) in [5.41, 5.74) is 7.56. The molecule has 0 bridgehead atoms. The van der Waals surface area contributed by atoms with Crippen LogP contribution < -0.4 is 11.1 Å². The molecular formula is C17H24ClN5O. The van der Waals surface area contributed by atoms with Crippen LogP contribution in [0.2, 0.25) is 0 Å². The predicted molar refractivity (Wildman–Crippen MR) is 97.0 cm³/mol. The minimum absolute atomic E-state index is 0. The van der Waals surface area contributed by atoms with E-state index < -0.39 is 5.54 Å². The van der Waals surface area contributed by atoms with E-state index in [4.69, 9.17) is 5.73 Å². The van der Waals surface area contributed by atoms with Crippen molar-refractivity contribution in [3.05, 3.63) is 30.1 Å². The summed E-state index contributed by atoms with van der Waals surface area (Å²) in [6.45, 7) is 3.84. The predicted octanol–water partition coefficient (Wildman–Crippen LogP) is 3.05. The van der Waals surface area contributed by atoms with Crippen LogP contribution in [0.15, 0.2) is 24.3 Å². The number of carbonyl (C=O) groups excluding carboxylic acids is 1. The van der Waals surface area contributed by atoms with Crippen molar-refractivity contribution in [3.8, 4) is 11.4 Å². The van der Waals surface area contributed by atoms with Crippen molar-refractivity contribution in [1.29, 1.82) is 0 Å². The van der Waals surface area contributed by atoms with Crippen LogP contribution in [0, 0.1) is 12.8 Å². The standard InChI is InChI=1S/C17H23N5O.ClH/c1-11-19-15(22-21-11)12-6-8-13(9-7-12)20-16(23)14-5-3-4-10-17(14,2)18;/h6-9,14H,3-5,10,18H2,1-2H3,(H,20,23)(H,19,21,22);1H. The highest BCUT2D eigenvalue weighted by atomic mass is 35.5. The lowest BCUT2D eigenvalue weighted by atomic mass is 9.74. The second-order valence-electron chi connectivity index (χ2n) is 6.62. The molecule has 24 heavy (non-hydrogen) atoms. The molecular weight excluding hydrogens is 326 g/mol. The first kappa shape index (κ1) is 18.4. The van der Waals surface area contributed by atoms with E-state index in [2.05, 4.69) is 20.5 Å². The topological polar surface area (TPSA) is 96.7 Å². The van der Waals surface area contributed by atoms with Gasteiger partial charge < -0.3 is 11.1 Å². The lowest BCUT2D eigenvalue weighted by Crippen LogP contribution is -2.51. The Morgan fingerprint density at radius 2 is 2.04 bits per heavy atom. The molecule has 1 aliphatic carbocycles. The Hall–Kier alpha value is -1.92. The molecule has 2 aromatic rings. The molecule has 1 aromatic heterocycles. The monoisotopic (exact) mass is 349 g/mol. The summed E-state index contributed by atoms with van der Waals surface area (Å²) >= 11 is 0. The quantitative estimate of drug-likeness (QED) is 0.793. The van der Waals surface area contributed by atoms with Crippen LogP contribution >= 0.6 is 12.4 Å². The van der Waals surface area contributed by atoms with Crippen molar-refractivity contribution in [2.45, 2.75) is 45.1 Å². The summed E-state index contributed by atoms with van der Waals surface area (Å²) in [5, 5.41) is 9.93. The number of halogens is 1. The lowest BCUT2D eigenvalue weighted by molar-refractivity contribution is -0.122. The summed E-state index contributed by atoms with van der Waals surface area (Å²) in [6, 6.07) is 7.55. The Balaban J connectivity index is 0.00000208. The van der Waals surface area contributed by atoms with E-state index in [1.807, 2.05) is 38.1 Å². The number of carbonyl (C=O) groups is 1. The summed E-state index contributed by atoms with van der Waals surface area (Å²) in [7, 11) is 0. The molecule has 1 heterocycles. The highest BCUT2D eigenvalue weighted by molar-refractivity contribution is 5.93. The smallest absolute Gasteiger partial charge is 0.229 e. The average molecular weight is 350 g/mol. The van der Waals surface area contributed by atoms with E-state index in [9.17, 15) is 4.79 Å². The third kappa shape index (κ3) is 3.94. The van der Waals surface area contributed by atoms with Gasteiger partial charge in [0.1, 0.15) is 5.82 Å². The van der Waals surface area contributed by atoms with Crippen LogP contribution in [0.25, 0.3) is 11.4 Å². The van der Waals surface area contributed by atoms with Crippen molar-refractivity contribution in [3.63, 3.8) is 0 Å². The fourth-order valence-electron chi connectivity index (χ4n) is 3.19. The molecule has 1 aromatic carbocycles. The Morgan fingerprint density at radius 1 is 1.33 bits per heavy atom. The summed E-state index contributed by atoms with van der Waals surface area (Å²) in [6.07, 6.45) is 3.91. The van der Waals surface area contributed by atoms with E-state index in [1.165, 1.54) is 0 Å². The van der Waals surface area contributed by atoms with Crippen LogP contribution in [0.5, 0.6) is 0 Å². The van der Waals surface area contributed by atoms with Crippen LogP contribution in [-0.4, -0.2) is 26.6 Å². The van der Waals surface area contributed by atoms with E-state index in [0.717, 1.165) is 42.8 Å². The zero-order chi connectivity index (χ0) is 16.4. The summed E-state index contributed by atoms with van der Waals surface area (Å²) in [4.78, 5) is 16.8. The number of hydrogen-bond acceptors (Lipinski definition) is 4. The number of nitrogens with one attached hydrogen (secondary N) is 2. The number of H-pyrrole nitrogens is 1. The molecule has 1 fully saturated rings. The number of aryl methyl sites for hydroxylation is 1. The maximum absolute atomic E-state index is 12.5. The molecule has 3 rings (SSSR count). The Labute approximate surface area is 148 Å². The third-order valence-corrected chi connectivity index (χ3v) is 4.58. The van der Waals surface area contributed by atoms with Gasteiger partial charge in [0.25, 0.3) is 0 Å². The number of hydrogen-bond donors (Lipinski definition) is 3. The number of nitrogens with two attached hydrogens (primary N) is 1. The van der Waals surface area contributed by atoms with Gasteiger partial charge in [-0.25, -0.2) is 4.98 Å². The van der Waals surface area contributed by atoms with E-state index in [0.29, 0.717) is 5.82 Å². The van der Waals surface area contributed by atoms with Crippen LogP contribution in [-0.2, 0) is 4.79 Å². The molecule has 2 atom stereocenters. The summed E-state index contributed by atoms with van der Waals surface area (Å²) < 4.78 is 0. The summed E-state index contributed by atoms with van der Waals surface area (Å²) in [5.74, 6) is 1.31. The largest absolute Gasteiger partial charge is 0.326 e. The minimum atomic E-state index is -0.418. The number of rotatable bonds is 3. The van der Waals surface area contributed by atoms with E-state index in [1.54, 1.807) is 0 Å². The maximum atomic E-state index is 12.5. The highest BCUT2D eigenvalue weighted by Gasteiger charge is 2.37. The lowest BCUT2D eigenvalue weighted by Gasteiger charge is -2.37. The molecule has 7 heteroatoms. The Kier molecular flexibility index (Phi) is 5.62. The first-order valence-electron chi connectivity index (χ1n) is 8.05. The molecule has 6 nitrogen and oxygen atoms in total. The van der Waals surface area contributed by atoms with Gasteiger partial charge in [-0.1, -0.05) is 12.8 Å². The zero-order valence-corrected chi connectivity index (χ0v) is 14.8. The number of anilines is 1. The zero-order valence-electron chi connectivity index (χ0n) is 14.0. The molecule has 1 aliphatic rings. The van der Waals surface area contributed by atoms with Gasteiger partial charge in [0.05, 0.1) is 5.92 Å². The van der Waals surface area contributed by atoms with Crippen LogP contribution in [0.3, 0.4) is 0 Å². The molecule has 0 spiro atoms. The second kappa shape index (κ2) is 7.32. The average Bonchev–Trinajstić information content (AvgIpc) is 2.94. The van der Waals surface area contributed by atoms with E-state index >= 15 is 0 Å². The minimum Gasteiger partial charge on any atom is -0.326 e. The molecule has 1 amide bonds. The van der Waals surface area contributed by atoms with Gasteiger partial charge in [-0.3, -0.25) is 9.89 Å².